The number of hydrogen-bond acceptors (Lipinski definition) is 1. The van der Waals surface area contributed by atoms with E-state index in [9.17, 15) is 0 Å². The summed E-state index contributed by atoms with van der Waals surface area (Å²) in [4.78, 5) is 0. The Labute approximate surface area is 325 Å². The molecular weight excluding hydrogens is 681 g/mol. The molecular formula is C54H38S. The van der Waals surface area contributed by atoms with Gasteiger partial charge in [0.25, 0.3) is 0 Å². The molecule has 0 N–H and O–H groups in total. The highest BCUT2D eigenvalue weighted by molar-refractivity contribution is 7.26. The highest BCUT2D eigenvalue weighted by atomic mass is 32.1. The lowest BCUT2D eigenvalue weighted by atomic mass is 9.79. The van der Waals surface area contributed by atoms with Crippen molar-refractivity contribution < 1.29 is 0 Å². The van der Waals surface area contributed by atoms with Crippen LogP contribution >= 0.6 is 11.3 Å². The van der Waals surface area contributed by atoms with Gasteiger partial charge in [-0.25, -0.2) is 0 Å². The minimum atomic E-state index is -0.137. The highest BCUT2D eigenvalue weighted by Crippen LogP contribution is 2.56. The van der Waals surface area contributed by atoms with Gasteiger partial charge in [0.15, 0.2) is 0 Å². The Hall–Kier alpha value is -6.02. The standard InChI is InChI=1S/C54H38S/c1-53(2)44-19-11-9-13-34(44)35-25-23-33(30-46(35)53)49-39-17-7-5-15-37(39)48(38-16-6-8-18-40(38)49)32-24-28-45-43(29-32)41-26-21-31-22-27-42-36-14-10-12-20-47(36)55-52(42)50(31)51(41)54(45,3)4/h5-30H,1-4H3. The summed E-state index contributed by atoms with van der Waals surface area (Å²) in [5.41, 5.74) is 16.1. The zero-order valence-corrected chi connectivity index (χ0v) is 32.2. The molecule has 1 heteroatoms. The smallest absolute Gasteiger partial charge is 0.0437 e. The van der Waals surface area contributed by atoms with E-state index in [0.717, 1.165) is 0 Å². The summed E-state index contributed by atoms with van der Waals surface area (Å²) < 4.78 is 2.76. The Morgan fingerprint density at radius 2 is 0.927 bits per heavy atom. The molecule has 2 aliphatic carbocycles. The van der Waals surface area contributed by atoms with Crippen molar-refractivity contribution in [2.75, 3.05) is 0 Å². The zero-order chi connectivity index (χ0) is 36.8. The van der Waals surface area contributed by atoms with E-state index in [1.165, 1.54) is 119 Å². The van der Waals surface area contributed by atoms with E-state index >= 15 is 0 Å². The van der Waals surface area contributed by atoms with Crippen molar-refractivity contribution in [1.82, 2.24) is 0 Å². The number of rotatable bonds is 2. The first-order chi connectivity index (χ1) is 26.8. The molecule has 55 heavy (non-hydrogen) atoms. The number of benzene rings is 9. The number of fused-ring (bicyclic) bond motifs is 14. The van der Waals surface area contributed by atoms with E-state index in [1.54, 1.807) is 0 Å². The average molecular weight is 719 g/mol. The molecule has 12 rings (SSSR count). The van der Waals surface area contributed by atoms with E-state index in [-0.39, 0.29) is 10.8 Å². The van der Waals surface area contributed by atoms with Gasteiger partial charge >= 0.3 is 0 Å². The van der Waals surface area contributed by atoms with Gasteiger partial charge in [0.1, 0.15) is 0 Å². The third-order valence-electron chi connectivity index (χ3n) is 13.2. The van der Waals surface area contributed by atoms with Crippen LogP contribution < -0.4 is 0 Å². The molecule has 0 saturated heterocycles. The molecule has 10 aromatic rings. The molecule has 0 atom stereocenters. The second-order valence-corrected chi connectivity index (χ2v) is 17.8. The topological polar surface area (TPSA) is 0 Å². The van der Waals surface area contributed by atoms with Crippen LogP contribution in [0.3, 0.4) is 0 Å². The summed E-state index contributed by atoms with van der Waals surface area (Å²) in [5, 5.41) is 10.6. The molecule has 9 aromatic carbocycles. The van der Waals surface area contributed by atoms with Crippen LogP contribution in [0.2, 0.25) is 0 Å². The maximum absolute atomic E-state index is 2.50. The predicted octanol–water partition coefficient (Wildman–Crippen LogP) is 15.5. The van der Waals surface area contributed by atoms with Gasteiger partial charge < -0.3 is 0 Å². The first-order valence-corrected chi connectivity index (χ1v) is 20.3. The summed E-state index contributed by atoms with van der Waals surface area (Å²) in [6, 6.07) is 59.9. The third kappa shape index (κ3) is 4.06. The van der Waals surface area contributed by atoms with Gasteiger partial charge in [0.05, 0.1) is 0 Å². The normalized spacial score (nSPS) is 14.8. The van der Waals surface area contributed by atoms with Crippen LogP contribution in [0.15, 0.2) is 158 Å². The number of hydrogen-bond donors (Lipinski definition) is 0. The molecule has 0 nitrogen and oxygen atoms in total. The third-order valence-corrected chi connectivity index (χ3v) is 14.4. The second-order valence-electron chi connectivity index (χ2n) is 16.8. The lowest BCUT2D eigenvalue weighted by Crippen LogP contribution is -2.15. The van der Waals surface area contributed by atoms with Crippen LogP contribution in [0.4, 0.5) is 0 Å². The van der Waals surface area contributed by atoms with E-state index in [2.05, 4.69) is 185 Å². The molecule has 0 unspecified atom stereocenters. The van der Waals surface area contributed by atoms with Gasteiger partial charge in [0, 0.05) is 36.4 Å². The Morgan fingerprint density at radius 3 is 1.65 bits per heavy atom. The van der Waals surface area contributed by atoms with Gasteiger partial charge in [-0.2, -0.15) is 0 Å². The lowest BCUT2D eigenvalue weighted by molar-refractivity contribution is 0.660. The fourth-order valence-corrected chi connectivity index (χ4v) is 11.9. The van der Waals surface area contributed by atoms with Crippen LogP contribution in [0.5, 0.6) is 0 Å². The molecule has 0 aliphatic heterocycles. The summed E-state index contributed by atoms with van der Waals surface area (Å²) in [6.07, 6.45) is 0. The van der Waals surface area contributed by atoms with Crippen molar-refractivity contribution in [3.8, 4) is 44.5 Å². The molecule has 0 amide bonds. The van der Waals surface area contributed by atoms with Crippen LogP contribution in [0.25, 0.3) is 97.0 Å². The molecule has 0 spiro atoms. The minimum Gasteiger partial charge on any atom is -0.135 e. The van der Waals surface area contributed by atoms with Crippen molar-refractivity contribution >= 4 is 63.8 Å². The van der Waals surface area contributed by atoms with Gasteiger partial charge in [-0.15, -0.1) is 11.3 Å². The summed E-state index contributed by atoms with van der Waals surface area (Å²) in [7, 11) is 0. The second kappa shape index (κ2) is 10.8. The summed E-state index contributed by atoms with van der Waals surface area (Å²) in [6.45, 7) is 9.61. The van der Waals surface area contributed by atoms with Crippen LogP contribution in [0.1, 0.15) is 49.9 Å². The van der Waals surface area contributed by atoms with E-state index in [0.29, 0.717) is 0 Å². The average Bonchev–Trinajstić information content (AvgIpc) is 3.79. The van der Waals surface area contributed by atoms with Crippen LogP contribution in [0, 0.1) is 0 Å². The van der Waals surface area contributed by atoms with Gasteiger partial charge in [-0.3, -0.25) is 0 Å². The van der Waals surface area contributed by atoms with Gasteiger partial charge in [0.2, 0.25) is 0 Å². The van der Waals surface area contributed by atoms with Crippen molar-refractivity contribution in [3.05, 3.63) is 180 Å². The Bertz CT molecular complexity index is 3260. The summed E-state index contributed by atoms with van der Waals surface area (Å²) in [5.74, 6) is 0. The van der Waals surface area contributed by atoms with Crippen LogP contribution in [-0.2, 0) is 10.8 Å². The predicted molar refractivity (Wildman–Crippen MR) is 238 cm³/mol. The molecule has 1 heterocycles. The van der Waals surface area contributed by atoms with Gasteiger partial charge in [-0.1, -0.05) is 167 Å². The van der Waals surface area contributed by atoms with Gasteiger partial charge in [-0.05, 0) is 112 Å². The Kier molecular flexibility index (Phi) is 6.16. The molecule has 1 aromatic heterocycles. The van der Waals surface area contributed by atoms with Crippen LogP contribution in [-0.4, -0.2) is 0 Å². The monoisotopic (exact) mass is 718 g/mol. The number of thiophene rings is 1. The molecule has 260 valence electrons. The fourth-order valence-electron chi connectivity index (χ4n) is 10.7. The van der Waals surface area contributed by atoms with Crippen molar-refractivity contribution in [1.29, 1.82) is 0 Å². The minimum absolute atomic E-state index is 0.0595. The molecule has 0 fully saturated rings. The van der Waals surface area contributed by atoms with Crippen molar-refractivity contribution in [2.45, 2.75) is 38.5 Å². The molecule has 2 aliphatic rings. The van der Waals surface area contributed by atoms with E-state index in [1.807, 2.05) is 11.3 Å². The molecule has 0 radical (unpaired) electrons. The molecule has 0 bridgehead atoms. The maximum atomic E-state index is 2.50. The van der Waals surface area contributed by atoms with Crippen molar-refractivity contribution in [3.63, 3.8) is 0 Å². The SMILES string of the molecule is CC1(C)c2ccccc2-c2ccc(-c3c4ccccc4c(-c4ccc5c(c4)-c4ccc6ccc7c8ccccc8sc7c6c4C5(C)C)c4ccccc34)cc21. The fraction of sp³-hybridized carbons (Fsp3) is 0.111. The van der Waals surface area contributed by atoms with Crippen molar-refractivity contribution in [2.24, 2.45) is 0 Å². The molecule has 0 saturated carbocycles. The quantitative estimate of drug-likeness (QED) is 0.156. The first kappa shape index (κ1) is 31.3. The largest absolute Gasteiger partial charge is 0.135 e. The van der Waals surface area contributed by atoms with E-state index < -0.39 is 0 Å². The maximum Gasteiger partial charge on any atom is 0.0437 e. The summed E-state index contributed by atoms with van der Waals surface area (Å²) >= 11 is 1.94. The lowest BCUT2D eigenvalue weighted by Gasteiger charge is -2.24. The Morgan fingerprint density at radius 1 is 0.382 bits per heavy atom. The van der Waals surface area contributed by atoms with E-state index in [4.69, 9.17) is 0 Å². The first-order valence-electron chi connectivity index (χ1n) is 19.5. The zero-order valence-electron chi connectivity index (χ0n) is 31.4. The highest BCUT2D eigenvalue weighted by Gasteiger charge is 2.38. The Balaban J connectivity index is 1.09.